The molecule has 1 N–H and O–H groups in total. The quantitative estimate of drug-likeness (QED) is 0.305. The van der Waals surface area contributed by atoms with E-state index in [0.29, 0.717) is 12.3 Å². The molecule has 6 heteroatoms. The van der Waals surface area contributed by atoms with Crippen molar-refractivity contribution in [1.29, 1.82) is 5.26 Å². The van der Waals surface area contributed by atoms with Crippen LogP contribution in [0.4, 0.5) is 5.69 Å². The second kappa shape index (κ2) is 9.74. The molecule has 0 aliphatic heterocycles. The minimum Gasteiger partial charge on any atom is -0.492 e. The fourth-order valence-electron chi connectivity index (χ4n) is 2.28. The highest BCUT2D eigenvalue weighted by atomic mass is 127. The molecule has 2 aromatic carbocycles. The van der Waals surface area contributed by atoms with E-state index in [0.717, 1.165) is 25.8 Å². The Labute approximate surface area is 175 Å². The molecule has 0 fully saturated rings. The summed E-state index contributed by atoms with van der Waals surface area (Å²) in [6, 6.07) is 13.3. The molecule has 4 nitrogen and oxygen atoms in total. The summed E-state index contributed by atoms with van der Waals surface area (Å²) in [6.45, 7) is 4.55. The Hall–Kier alpha value is -1.85. The number of benzene rings is 2. The lowest BCUT2D eigenvalue weighted by molar-refractivity contribution is -0.112. The van der Waals surface area contributed by atoms with Gasteiger partial charge in [-0.3, -0.25) is 4.79 Å². The van der Waals surface area contributed by atoms with Crippen LogP contribution in [0.5, 0.6) is 5.75 Å². The average molecular weight is 525 g/mol. The van der Waals surface area contributed by atoms with Crippen LogP contribution in [0.25, 0.3) is 6.08 Å². The Bertz CT molecular complexity index is 847. The minimum absolute atomic E-state index is 0.0384. The number of hydrogen-bond acceptors (Lipinski definition) is 3. The van der Waals surface area contributed by atoms with Crippen LogP contribution in [0.15, 0.2) is 46.4 Å². The molecule has 134 valence electrons. The molecule has 0 atom stereocenters. The lowest BCUT2D eigenvalue weighted by Crippen LogP contribution is -2.13. The smallest absolute Gasteiger partial charge is 0.266 e. The number of anilines is 1. The average Bonchev–Trinajstić information content (AvgIpc) is 2.63. The summed E-state index contributed by atoms with van der Waals surface area (Å²) in [5.74, 6) is 0.320. The molecule has 2 aromatic rings. The van der Waals surface area contributed by atoms with Crippen molar-refractivity contribution in [3.8, 4) is 11.8 Å². The van der Waals surface area contributed by atoms with Gasteiger partial charge in [-0.25, -0.2) is 0 Å². The number of carbonyl (C=O) groups is 1. The molecule has 0 aromatic heterocycles. The number of nitrogens with one attached hydrogen (secondary N) is 1. The molecule has 1 amide bonds. The van der Waals surface area contributed by atoms with Gasteiger partial charge < -0.3 is 10.1 Å². The molecule has 0 aliphatic rings. The maximum Gasteiger partial charge on any atom is 0.266 e. The Morgan fingerprint density at radius 3 is 2.54 bits per heavy atom. The van der Waals surface area contributed by atoms with Gasteiger partial charge in [0.1, 0.15) is 17.4 Å². The van der Waals surface area contributed by atoms with Gasteiger partial charge in [-0.1, -0.05) is 19.1 Å². The summed E-state index contributed by atoms with van der Waals surface area (Å²) in [5.41, 5.74) is 2.64. The first-order valence-corrected chi connectivity index (χ1v) is 9.99. The maximum atomic E-state index is 12.4. The van der Waals surface area contributed by atoms with Crippen LogP contribution in [-0.4, -0.2) is 12.5 Å². The zero-order chi connectivity index (χ0) is 19.1. The molecular weight excluding hydrogens is 507 g/mol. The van der Waals surface area contributed by atoms with Crippen LogP contribution in [0.3, 0.4) is 0 Å². The van der Waals surface area contributed by atoms with Crippen LogP contribution in [0.1, 0.15) is 25.0 Å². The fraction of sp³-hybridized carbons (Fsp3) is 0.200. The van der Waals surface area contributed by atoms with Crippen molar-refractivity contribution in [1.82, 2.24) is 0 Å². The van der Waals surface area contributed by atoms with Crippen LogP contribution in [0.2, 0.25) is 0 Å². The second-order valence-corrected chi connectivity index (χ2v) is 7.44. The van der Waals surface area contributed by atoms with Gasteiger partial charge in [0.2, 0.25) is 0 Å². The third-order valence-corrected chi connectivity index (χ3v) is 5.00. The van der Waals surface area contributed by atoms with Gasteiger partial charge in [-0.2, -0.15) is 5.26 Å². The number of hydrogen-bond donors (Lipinski definition) is 1. The SMILES string of the molecule is CCOc1c(Br)cc(/C=C(\C#N)C(=O)Nc2ccc(CC)cc2)cc1I. The molecule has 26 heavy (non-hydrogen) atoms. The summed E-state index contributed by atoms with van der Waals surface area (Å²) < 4.78 is 7.26. The van der Waals surface area contributed by atoms with Crippen molar-refractivity contribution >= 4 is 56.2 Å². The summed E-state index contributed by atoms with van der Waals surface area (Å²) in [4.78, 5) is 12.4. The Morgan fingerprint density at radius 1 is 1.31 bits per heavy atom. The van der Waals surface area contributed by atoms with Crippen molar-refractivity contribution < 1.29 is 9.53 Å². The number of carbonyl (C=O) groups excluding carboxylic acids is 1. The number of aryl methyl sites for hydroxylation is 1. The Balaban J connectivity index is 2.23. The summed E-state index contributed by atoms with van der Waals surface area (Å²) >= 11 is 5.64. The Morgan fingerprint density at radius 2 is 2.00 bits per heavy atom. The first kappa shape index (κ1) is 20.5. The molecule has 0 bridgehead atoms. The van der Waals surface area contributed by atoms with E-state index in [1.807, 2.05) is 49.4 Å². The van der Waals surface area contributed by atoms with Crippen molar-refractivity contribution in [3.63, 3.8) is 0 Å². The van der Waals surface area contributed by atoms with Crippen molar-refractivity contribution in [2.75, 3.05) is 11.9 Å². The largest absolute Gasteiger partial charge is 0.492 e. The van der Waals surface area contributed by atoms with Gasteiger partial charge in [0.15, 0.2) is 0 Å². The highest BCUT2D eigenvalue weighted by Crippen LogP contribution is 2.32. The molecule has 0 unspecified atom stereocenters. The number of ether oxygens (including phenoxy) is 1. The monoisotopic (exact) mass is 524 g/mol. The molecule has 0 heterocycles. The third-order valence-electron chi connectivity index (χ3n) is 3.61. The standard InChI is InChI=1S/C20H18BrIN2O2/c1-3-13-5-7-16(8-6-13)24-20(25)15(12-23)9-14-10-17(21)19(26-4-2)18(22)11-14/h5-11H,3-4H2,1-2H3,(H,24,25)/b15-9+. The first-order chi connectivity index (χ1) is 12.5. The van der Waals surface area contributed by atoms with E-state index < -0.39 is 5.91 Å². The number of halogens is 2. The molecule has 0 radical (unpaired) electrons. The van der Waals surface area contributed by atoms with E-state index in [1.165, 1.54) is 5.56 Å². The molecule has 0 aliphatic carbocycles. The van der Waals surface area contributed by atoms with Crippen molar-refractivity contribution in [2.24, 2.45) is 0 Å². The minimum atomic E-state index is -0.434. The molecule has 0 spiro atoms. The molecular formula is C20H18BrIN2O2. The lowest BCUT2D eigenvalue weighted by Gasteiger charge is -2.10. The second-order valence-electron chi connectivity index (χ2n) is 5.42. The summed E-state index contributed by atoms with van der Waals surface area (Å²) in [7, 11) is 0. The van der Waals surface area contributed by atoms with Gasteiger partial charge >= 0.3 is 0 Å². The zero-order valence-electron chi connectivity index (χ0n) is 14.5. The highest BCUT2D eigenvalue weighted by molar-refractivity contribution is 14.1. The van der Waals surface area contributed by atoms with Crippen LogP contribution >= 0.6 is 38.5 Å². The van der Waals surface area contributed by atoms with Crippen molar-refractivity contribution in [2.45, 2.75) is 20.3 Å². The van der Waals surface area contributed by atoms with E-state index in [2.05, 4.69) is 50.8 Å². The fourth-order valence-corrected chi connectivity index (χ4v) is 4.05. The van der Waals surface area contributed by atoms with E-state index in [1.54, 1.807) is 6.08 Å². The number of nitrogens with zero attached hydrogens (tertiary/aromatic N) is 1. The van der Waals surface area contributed by atoms with Crippen LogP contribution in [-0.2, 0) is 11.2 Å². The molecule has 0 saturated heterocycles. The lowest BCUT2D eigenvalue weighted by atomic mass is 10.1. The maximum absolute atomic E-state index is 12.4. The van der Waals surface area contributed by atoms with Gasteiger partial charge in [-0.05, 0) is 93.3 Å². The van der Waals surface area contributed by atoms with Crippen molar-refractivity contribution in [3.05, 3.63) is 61.1 Å². The summed E-state index contributed by atoms with van der Waals surface area (Å²) in [6.07, 6.45) is 2.50. The number of nitriles is 1. The molecule has 0 saturated carbocycles. The Kier molecular flexibility index (Phi) is 7.66. The third kappa shape index (κ3) is 5.32. The van der Waals surface area contributed by atoms with Gasteiger partial charge in [0.05, 0.1) is 14.6 Å². The predicted octanol–water partition coefficient (Wildman–Crippen LogP) is 5.56. The van der Waals surface area contributed by atoms with E-state index in [9.17, 15) is 10.1 Å². The first-order valence-electron chi connectivity index (χ1n) is 8.12. The van der Waals surface area contributed by atoms with Crippen LogP contribution in [0, 0.1) is 14.9 Å². The van der Waals surface area contributed by atoms with Gasteiger partial charge in [0.25, 0.3) is 5.91 Å². The number of rotatable bonds is 6. The van der Waals surface area contributed by atoms with E-state index >= 15 is 0 Å². The predicted molar refractivity (Wildman–Crippen MR) is 116 cm³/mol. The highest BCUT2D eigenvalue weighted by Gasteiger charge is 2.12. The topological polar surface area (TPSA) is 62.1 Å². The van der Waals surface area contributed by atoms with Gasteiger partial charge in [-0.15, -0.1) is 0 Å². The van der Waals surface area contributed by atoms with E-state index in [4.69, 9.17) is 4.74 Å². The molecule has 2 rings (SSSR count). The summed E-state index contributed by atoms with van der Waals surface area (Å²) in [5, 5.41) is 12.1. The van der Waals surface area contributed by atoms with E-state index in [-0.39, 0.29) is 5.57 Å². The number of amides is 1. The van der Waals surface area contributed by atoms with Gasteiger partial charge in [0, 0.05) is 5.69 Å². The normalized spacial score (nSPS) is 11.0. The zero-order valence-corrected chi connectivity index (χ0v) is 18.2. The van der Waals surface area contributed by atoms with Crippen LogP contribution < -0.4 is 10.1 Å².